The fraction of sp³-hybridized carbons (Fsp3) is 0.632. The van der Waals surface area contributed by atoms with Gasteiger partial charge in [0.15, 0.2) is 11.0 Å². The number of hydrogen-bond acceptors (Lipinski definition) is 10. The maximum absolute atomic E-state index is 11.9. The van der Waals surface area contributed by atoms with E-state index in [1.807, 2.05) is 0 Å². The molecule has 2 aliphatic heterocycles. The van der Waals surface area contributed by atoms with Crippen molar-refractivity contribution in [1.29, 1.82) is 0 Å². The molecule has 11 heteroatoms. The summed E-state index contributed by atoms with van der Waals surface area (Å²) in [6.07, 6.45) is 3.40. The Labute approximate surface area is 179 Å². The molecule has 0 saturated carbocycles. The SMILES string of the molecule is CNC(=O)C1CCN(Cc2nc(-c3cnc(N)s3)nc(N3CCOCC3C)n2)CC1. The molecule has 0 bridgehead atoms. The third-order valence-corrected chi connectivity index (χ3v) is 6.43. The molecule has 2 aromatic heterocycles. The van der Waals surface area contributed by atoms with Gasteiger partial charge in [0.25, 0.3) is 0 Å². The van der Waals surface area contributed by atoms with Gasteiger partial charge in [0.1, 0.15) is 5.82 Å². The number of nitrogens with one attached hydrogen (secondary N) is 1. The Morgan fingerprint density at radius 2 is 2.10 bits per heavy atom. The fourth-order valence-electron chi connectivity index (χ4n) is 3.89. The van der Waals surface area contributed by atoms with E-state index in [2.05, 4.69) is 27.0 Å². The van der Waals surface area contributed by atoms with E-state index in [0.717, 1.165) is 43.2 Å². The standard InChI is InChI=1S/C19H28N8O2S/c1-12-11-29-8-7-27(12)19-24-15(23-16(25-19)14-9-22-18(20)30-14)10-26-5-3-13(4-6-26)17(28)21-2/h9,12-13H,3-8,10-11H2,1-2H3,(H2,20,22)(H,21,28). The summed E-state index contributed by atoms with van der Waals surface area (Å²) >= 11 is 1.37. The van der Waals surface area contributed by atoms with E-state index in [0.29, 0.717) is 36.7 Å². The maximum Gasteiger partial charge on any atom is 0.229 e. The minimum absolute atomic E-state index is 0.0881. The van der Waals surface area contributed by atoms with Crippen molar-refractivity contribution in [3.8, 4) is 10.7 Å². The minimum Gasteiger partial charge on any atom is -0.377 e. The minimum atomic E-state index is 0.0881. The zero-order chi connectivity index (χ0) is 21.1. The largest absolute Gasteiger partial charge is 0.377 e. The van der Waals surface area contributed by atoms with Gasteiger partial charge in [-0.3, -0.25) is 9.69 Å². The molecule has 1 atom stereocenters. The van der Waals surface area contributed by atoms with Crippen LogP contribution in [0.25, 0.3) is 10.7 Å². The number of piperidine rings is 1. The number of hydrogen-bond donors (Lipinski definition) is 2. The summed E-state index contributed by atoms with van der Waals surface area (Å²) in [5, 5.41) is 3.24. The van der Waals surface area contributed by atoms with Crippen molar-refractivity contribution in [1.82, 2.24) is 30.2 Å². The van der Waals surface area contributed by atoms with Gasteiger partial charge in [-0.05, 0) is 32.9 Å². The number of nitrogens with zero attached hydrogens (tertiary/aromatic N) is 6. The molecule has 2 aromatic rings. The number of nitrogens with two attached hydrogens (primary N) is 1. The predicted octanol–water partition coefficient (Wildman–Crippen LogP) is 0.760. The maximum atomic E-state index is 11.9. The first-order valence-electron chi connectivity index (χ1n) is 10.3. The average Bonchev–Trinajstić information content (AvgIpc) is 3.20. The van der Waals surface area contributed by atoms with Gasteiger partial charge in [-0.15, -0.1) is 0 Å². The molecule has 2 saturated heterocycles. The Balaban J connectivity index is 1.56. The zero-order valence-electron chi connectivity index (χ0n) is 17.4. The molecule has 10 nitrogen and oxygen atoms in total. The number of morpholine rings is 1. The smallest absolute Gasteiger partial charge is 0.229 e. The normalized spacial score (nSPS) is 21.0. The summed E-state index contributed by atoms with van der Waals surface area (Å²) in [5.74, 6) is 2.20. The van der Waals surface area contributed by atoms with Crippen LogP contribution in [0.15, 0.2) is 6.20 Å². The number of carbonyl (C=O) groups is 1. The summed E-state index contributed by atoms with van der Waals surface area (Å²) in [7, 11) is 1.70. The van der Waals surface area contributed by atoms with Crippen LogP contribution in [0.1, 0.15) is 25.6 Å². The topological polar surface area (TPSA) is 122 Å². The van der Waals surface area contributed by atoms with Gasteiger partial charge in [-0.1, -0.05) is 11.3 Å². The number of anilines is 2. The molecule has 0 radical (unpaired) electrons. The second-order valence-corrected chi connectivity index (χ2v) is 8.78. The molecule has 3 N–H and O–H groups in total. The molecule has 30 heavy (non-hydrogen) atoms. The number of nitrogen functional groups attached to an aromatic ring is 1. The Hall–Kier alpha value is -2.37. The predicted molar refractivity (Wildman–Crippen MR) is 115 cm³/mol. The number of likely N-dealkylation sites (tertiary alicyclic amines) is 1. The quantitative estimate of drug-likeness (QED) is 0.705. The summed E-state index contributed by atoms with van der Waals surface area (Å²) in [5.41, 5.74) is 5.82. The number of ether oxygens (including phenoxy) is 1. The molecule has 0 aliphatic carbocycles. The van der Waals surface area contributed by atoms with Crippen LogP contribution >= 0.6 is 11.3 Å². The second kappa shape index (κ2) is 9.19. The highest BCUT2D eigenvalue weighted by Gasteiger charge is 2.27. The molecule has 0 aromatic carbocycles. The average molecular weight is 433 g/mol. The number of rotatable bonds is 5. The number of thiazole rings is 1. The molecule has 4 heterocycles. The zero-order valence-corrected chi connectivity index (χ0v) is 18.2. The number of carbonyl (C=O) groups excluding carboxylic acids is 1. The lowest BCUT2D eigenvalue weighted by atomic mass is 9.96. The van der Waals surface area contributed by atoms with E-state index in [-0.39, 0.29) is 17.9 Å². The Morgan fingerprint density at radius 1 is 1.30 bits per heavy atom. The Bertz CT molecular complexity index is 883. The van der Waals surface area contributed by atoms with Crippen LogP contribution in [0.4, 0.5) is 11.1 Å². The molecule has 0 spiro atoms. The van der Waals surface area contributed by atoms with Gasteiger partial charge in [0.2, 0.25) is 11.9 Å². The van der Waals surface area contributed by atoms with Crippen molar-refractivity contribution in [3.05, 3.63) is 12.0 Å². The molecule has 1 amide bonds. The molecular weight excluding hydrogens is 404 g/mol. The van der Waals surface area contributed by atoms with Crippen LogP contribution < -0.4 is 16.0 Å². The molecule has 2 fully saturated rings. The first-order chi connectivity index (χ1) is 14.5. The number of aromatic nitrogens is 4. The second-order valence-electron chi connectivity index (χ2n) is 7.72. The van der Waals surface area contributed by atoms with Crippen LogP contribution in [0.3, 0.4) is 0 Å². The van der Waals surface area contributed by atoms with Crippen molar-refractivity contribution in [2.45, 2.75) is 32.4 Å². The van der Waals surface area contributed by atoms with Gasteiger partial charge in [0, 0.05) is 19.5 Å². The van der Waals surface area contributed by atoms with Crippen LogP contribution in [0.5, 0.6) is 0 Å². The molecule has 162 valence electrons. The molecular formula is C19H28N8O2S. The highest BCUT2D eigenvalue weighted by Crippen LogP contribution is 2.27. The monoisotopic (exact) mass is 432 g/mol. The van der Waals surface area contributed by atoms with E-state index in [1.54, 1.807) is 13.2 Å². The van der Waals surface area contributed by atoms with Crippen LogP contribution in [0.2, 0.25) is 0 Å². The highest BCUT2D eigenvalue weighted by molar-refractivity contribution is 7.18. The molecule has 4 rings (SSSR count). The lowest BCUT2D eigenvalue weighted by molar-refractivity contribution is -0.125. The molecule has 2 aliphatic rings. The first-order valence-corrected chi connectivity index (χ1v) is 11.1. The van der Waals surface area contributed by atoms with Crippen LogP contribution in [-0.2, 0) is 16.1 Å². The van der Waals surface area contributed by atoms with E-state index in [9.17, 15) is 4.79 Å². The first kappa shape index (κ1) is 20.9. The third kappa shape index (κ3) is 4.68. The van der Waals surface area contributed by atoms with Gasteiger partial charge in [-0.25, -0.2) is 9.97 Å². The third-order valence-electron chi connectivity index (χ3n) is 5.61. The van der Waals surface area contributed by atoms with Crippen molar-refractivity contribution < 1.29 is 9.53 Å². The highest BCUT2D eigenvalue weighted by atomic mass is 32.1. The lowest BCUT2D eigenvalue weighted by Gasteiger charge is -2.34. The van der Waals surface area contributed by atoms with E-state index >= 15 is 0 Å². The summed E-state index contributed by atoms with van der Waals surface area (Å²) in [6, 6.07) is 0.191. The number of amides is 1. The summed E-state index contributed by atoms with van der Waals surface area (Å²) in [4.78, 5) is 35.6. The Kier molecular flexibility index (Phi) is 6.40. The van der Waals surface area contributed by atoms with Crippen LogP contribution in [-0.4, -0.2) is 76.7 Å². The lowest BCUT2D eigenvalue weighted by Crippen LogP contribution is -2.45. The van der Waals surface area contributed by atoms with Crippen molar-refractivity contribution in [2.75, 3.05) is 50.5 Å². The Morgan fingerprint density at radius 3 is 2.77 bits per heavy atom. The van der Waals surface area contributed by atoms with E-state index in [1.165, 1.54) is 11.3 Å². The summed E-state index contributed by atoms with van der Waals surface area (Å²) < 4.78 is 5.56. The van der Waals surface area contributed by atoms with Gasteiger partial charge >= 0.3 is 0 Å². The van der Waals surface area contributed by atoms with Gasteiger partial charge in [-0.2, -0.15) is 9.97 Å². The fourth-order valence-corrected chi connectivity index (χ4v) is 4.51. The van der Waals surface area contributed by atoms with Crippen molar-refractivity contribution in [2.24, 2.45) is 5.92 Å². The van der Waals surface area contributed by atoms with Crippen LogP contribution in [0, 0.1) is 5.92 Å². The van der Waals surface area contributed by atoms with Crippen molar-refractivity contribution in [3.63, 3.8) is 0 Å². The van der Waals surface area contributed by atoms with E-state index < -0.39 is 0 Å². The van der Waals surface area contributed by atoms with Crippen molar-refractivity contribution >= 4 is 28.3 Å². The summed E-state index contributed by atoms with van der Waals surface area (Å²) in [6.45, 7) is 6.46. The van der Waals surface area contributed by atoms with Gasteiger partial charge in [0.05, 0.1) is 36.9 Å². The van der Waals surface area contributed by atoms with E-state index in [4.69, 9.17) is 25.4 Å². The van der Waals surface area contributed by atoms with Gasteiger partial charge < -0.3 is 20.7 Å². The molecule has 1 unspecified atom stereocenters.